The van der Waals surface area contributed by atoms with Crippen molar-refractivity contribution in [1.29, 1.82) is 21.0 Å². The van der Waals surface area contributed by atoms with Gasteiger partial charge in [-0.2, -0.15) is 10.5 Å². The number of rotatable bonds is 0. The minimum atomic E-state index is -0.351. The van der Waals surface area contributed by atoms with E-state index >= 15 is 0 Å². The monoisotopic (exact) mass is 484 g/mol. The Bertz CT molecular complexity index is 2020. The van der Waals surface area contributed by atoms with Crippen LogP contribution in [0.1, 0.15) is 33.9 Å². The van der Waals surface area contributed by atoms with Gasteiger partial charge in [0.1, 0.15) is 12.1 Å². The minimum absolute atomic E-state index is 0.0168. The largest absolute Gasteiger partial charge is 0.370 e. The third-order valence-electron chi connectivity index (χ3n) is 6.10. The predicted molar refractivity (Wildman–Crippen MR) is 127 cm³/mol. The van der Waals surface area contributed by atoms with E-state index in [1.54, 1.807) is 0 Å². The van der Waals surface area contributed by atoms with Gasteiger partial charge in [-0.3, -0.25) is 0 Å². The Morgan fingerprint density at radius 3 is 1.61 bits per heavy atom. The topological polar surface area (TPSA) is 164 Å². The van der Waals surface area contributed by atoms with E-state index in [4.69, 9.17) is 26.3 Å². The van der Waals surface area contributed by atoms with E-state index in [0.717, 1.165) is 0 Å². The summed E-state index contributed by atoms with van der Waals surface area (Å²) in [6.45, 7) is 30.1. The predicted octanol–water partition coefficient (Wildman–Crippen LogP) is 2.36. The smallest absolute Gasteiger partial charge is 0.294 e. The molecule has 0 aliphatic heterocycles. The van der Waals surface area contributed by atoms with Crippen molar-refractivity contribution >= 4 is 23.0 Å². The van der Waals surface area contributed by atoms with Crippen molar-refractivity contribution in [2.75, 3.05) is 0 Å². The summed E-state index contributed by atoms with van der Waals surface area (Å²) in [7, 11) is 0. The van der Waals surface area contributed by atoms with E-state index in [1.165, 1.54) is 0 Å². The highest BCUT2D eigenvalue weighted by Gasteiger charge is 2.38. The lowest BCUT2D eigenvalue weighted by Gasteiger charge is -2.11. The average molecular weight is 484 g/mol. The van der Waals surface area contributed by atoms with Gasteiger partial charge in [-0.25, -0.2) is 30.2 Å². The number of benzene rings is 1. The lowest BCUT2D eigenvalue weighted by atomic mass is 9.92. The highest BCUT2D eigenvalue weighted by atomic mass is 15.0. The molecule has 1 aromatic carbocycles. The van der Waals surface area contributed by atoms with Crippen molar-refractivity contribution in [3.63, 3.8) is 0 Å². The zero-order chi connectivity index (χ0) is 27.1. The molecule has 2 heterocycles. The fourth-order valence-electron chi connectivity index (χ4n) is 4.74. The number of nitrogens with zero attached hydrogens (tertiary/aromatic N) is 12. The molecule has 0 saturated carbocycles. The maximum absolute atomic E-state index is 9.91. The van der Waals surface area contributed by atoms with Gasteiger partial charge >= 0.3 is 0 Å². The molecule has 0 unspecified atom stereocenters. The van der Waals surface area contributed by atoms with Gasteiger partial charge in [0.15, 0.2) is 17.1 Å². The molecule has 0 radical (unpaired) electrons. The summed E-state index contributed by atoms with van der Waals surface area (Å²) >= 11 is 0. The van der Waals surface area contributed by atoms with E-state index in [1.807, 2.05) is 24.3 Å². The van der Waals surface area contributed by atoms with Crippen LogP contribution in [0, 0.1) is 71.6 Å². The van der Waals surface area contributed by atoms with Crippen molar-refractivity contribution in [1.82, 2.24) is 19.9 Å². The molecule has 0 saturated heterocycles. The summed E-state index contributed by atoms with van der Waals surface area (Å²) < 4.78 is 0. The van der Waals surface area contributed by atoms with Crippen molar-refractivity contribution in [2.45, 2.75) is 12.8 Å². The first-order chi connectivity index (χ1) is 18.5. The molecule has 0 fully saturated rings. The lowest BCUT2D eigenvalue weighted by Crippen LogP contribution is -2.26. The molecule has 38 heavy (non-hydrogen) atoms. The molecule has 5 rings (SSSR count). The number of hydrogen-bond donors (Lipinski definition) is 0. The molecule has 12 heteroatoms. The molecule has 168 valence electrons. The summed E-state index contributed by atoms with van der Waals surface area (Å²) in [6.07, 6.45) is 0.0401. The van der Waals surface area contributed by atoms with Crippen LogP contribution in [-0.2, 0) is 12.8 Å². The van der Waals surface area contributed by atoms with Crippen molar-refractivity contribution in [3.8, 4) is 46.8 Å². The number of nitriles is 4. The molecule has 2 aromatic heterocycles. The summed E-state index contributed by atoms with van der Waals surface area (Å²) in [5, 5.41) is 39.1. The zero-order valence-corrected chi connectivity index (χ0v) is 18.8. The zero-order valence-electron chi connectivity index (χ0n) is 18.8. The minimum Gasteiger partial charge on any atom is -0.370 e. The van der Waals surface area contributed by atoms with Crippen LogP contribution >= 0.6 is 0 Å². The normalized spacial score (nSPS) is 12.6. The van der Waals surface area contributed by atoms with Crippen LogP contribution in [0.15, 0.2) is 0 Å². The summed E-state index contributed by atoms with van der Waals surface area (Å²) in [5.41, 5.74) is 0.988. The van der Waals surface area contributed by atoms with E-state index < -0.39 is 0 Å². The van der Waals surface area contributed by atoms with Crippen LogP contribution in [0.5, 0.6) is 0 Å². The molecule has 2 aliphatic carbocycles. The second kappa shape index (κ2) is 8.36. The molecule has 0 N–H and O–H groups in total. The molecule has 2 aliphatic rings. The number of hydrogen-bond acceptors (Lipinski definition) is 8. The maximum Gasteiger partial charge on any atom is 0.294 e. The number of fused-ring (bicyclic) bond motifs is 6. The standard InChI is InChI=1S/C26H4N12/c1-31-17(9-29)19-11-5-13-23(36-16(8-28)15(7-27)35-13)20(11)22(18(10-30)32-2)21-12(19)6-14-24(21)38-26(34-4)25(33-3)37-14/h5-6H2/b19-17-,22-18-. The van der Waals surface area contributed by atoms with Gasteiger partial charge < -0.3 is 9.69 Å². The molecule has 0 bridgehead atoms. The Balaban J connectivity index is 2.13. The van der Waals surface area contributed by atoms with Gasteiger partial charge in [0.25, 0.3) is 23.0 Å². The van der Waals surface area contributed by atoms with E-state index in [2.05, 4.69) is 39.3 Å². The van der Waals surface area contributed by atoms with Crippen LogP contribution in [0.25, 0.3) is 53.3 Å². The van der Waals surface area contributed by atoms with Crippen LogP contribution in [-0.4, -0.2) is 19.9 Å². The Kier molecular flexibility index (Phi) is 5.02. The van der Waals surface area contributed by atoms with E-state index in [-0.39, 0.29) is 91.6 Å². The second-order valence-electron chi connectivity index (χ2n) is 7.78. The van der Waals surface area contributed by atoms with Gasteiger partial charge in [0.05, 0.1) is 36.7 Å². The van der Waals surface area contributed by atoms with Crippen LogP contribution < -0.4 is 10.4 Å². The van der Waals surface area contributed by atoms with Gasteiger partial charge in [-0.05, 0) is 11.1 Å². The molecular formula is C26H4N12. The van der Waals surface area contributed by atoms with Gasteiger partial charge in [0.2, 0.25) is 5.69 Å². The maximum atomic E-state index is 9.91. The molecule has 12 nitrogen and oxygen atoms in total. The second-order valence-corrected chi connectivity index (χ2v) is 7.78. The third-order valence-corrected chi connectivity index (χ3v) is 6.10. The van der Waals surface area contributed by atoms with Crippen molar-refractivity contribution < 1.29 is 0 Å². The fourth-order valence-corrected chi connectivity index (χ4v) is 4.74. The average Bonchev–Trinajstić information content (AvgIpc) is 3.50. The van der Waals surface area contributed by atoms with Crippen molar-refractivity contribution in [2.24, 2.45) is 0 Å². The Hall–Kier alpha value is -6.96. The first-order valence-corrected chi connectivity index (χ1v) is 10.4. The Morgan fingerprint density at radius 2 is 1.11 bits per heavy atom. The van der Waals surface area contributed by atoms with Gasteiger partial charge in [0, 0.05) is 34.4 Å². The van der Waals surface area contributed by atoms with Gasteiger partial charge in [-0.1, -0.05) is 13.1 Å². The summed E-state index contributed by atoms with van der Waals surface area (Å²) in [6, 6.07) is 7.42. The third kappa shape index (κ3) is 2.88. The molecule has 3 aromatic rings. The molecule has 0 spiro atoms. The highest BCUT2D eigenvalue weighted by molar-refractivity contribution is 5.91. The van der Waals surface area contributed by atoms with E-state index in [0.29, 0.717) is 11.1 Å². The molecule has 0 atom stereocenters. The van der Waals surface area contributed by atoms with Crippen LogP contribution in [0.2, 0.25) is 0 Å². The van der Waals surface area contributed by atoms with Crippen LogP contribution in [0.3, 0.4) is 0 Å². The van der Waals surface area contributed by atoms with Crippen LogP contribution in [0.4, 0.5) is 11.6 Å². The summed E-state index contributed by atoms with van der Waals surface area (Å²) in [5.74, 6) is -0.494. The lowest BCUT2D eigenvalue weighted by molar-refractivity contribution is 1.04. The van der Waals surface area contributed by atoms with Gasteiger partial charge in [-0.15, -0.1) is 9.97 Å². The number of aromatic nitrogens is 4. The fraction of sp³-hybridized carbons (Fsp3) is 0.0769. The molecule has 0 amide bonds. The Morgan fingerprint density at radius 1 is 0.632 bits per heavy atom. The van der Waals surface area contributed by atoms with E-state index in [9.17, 15) is 21.0 Å². The highest BCUT2D eigenvalue weighted by Crippen LogP contribution is 2.40. The SMILES string of the molecule is [C-]#[N+]/C(C#N)=c1/c2c(/c(=C(\C#N)[N+]#[C-])c3c1Cc1nc([N+]#[C-])c([N+]#[C-])nc1-3)-c1nc(C#N)c(C#N)nc1C2. The first kappa shape index (κ1) is 22.8. The first-order valence-electron chi connectivity index (χ1n) is 10.4. The summed E-state index contributed by atoms with van der Waals surface area (Å²) in [4.78, 5) is 30.6. The van der Waals surface area contributed by atoms with Crippen molar-refractivity contribution in [3.05, 3.63) is 90.0 Å². The molecular weight excluding hydrogens is 480 g/mol. The Labute approximate surface area is 213 Å². The quantitative estimate of drug-likeness (QED) is 0.302.